The molecule has 0 radical (unpaired) electrons. The number of amides is 1. The quantitative estimate of drug-likeness (QED) is 0.665. The molecule has 0 bridgehead atoms. The molecule has 3 rings (SSSR count). The standard InChI is InChI=1S/C24H32N2O4S/c1-5-26(6-2)31(28,29)23-16-21(13-14-22(23)30-4)24(27)25-17(3)19-12-11-18-9-7-8-10-20(18)15-19/h11-17H,5-10H2,1-4H3,(H,25,27). The lowest BCUT2D eigenvalue weighted by Gasteiger charge is -2.21. The summed E-state index contributed by atoms with van der Waals surface area (Å²) >= 11 is 0. The molecule has 0 aromatic heterocycles. The molecular formula is C24H32N2O4S. The van der Waals surface area contributed by atoms with Gasteiger partial charge >= 0.3 is 0 Å². The van der Waals surface area contributed by atoms with Crippen LogP contribution in [-0.4, -0.2) is 38.8 Å². The molecule has 7 heteroatoms. The molecule has 1 atom stereocenters. The summed E-state index contributed by atoms with van der Waals surface area (Å²) in [6.45, 7) is 6.19. The van der Waals surface area contributed by atoms with Gasteiger partial charge in [-0.2, -0.15) is 4.31 Å². The Labute approximate surface area is 185 Å². The lowest BCUT2D eigenvalue weighted by molar-refractivity contribution is 0.0939. The van der Waals surface area contributed by atoms with Crippen molar-refractivity contribution in [3.05, 3.63) is 58.7 Å². The Kier molecular flexibility index (Phi) is 7.38. The van der Waals surface area contributed by atoms with Gasteiger partial charge in [-0.25, -0.2) is 8.42 Å². The molecule has 0 heterocycles. The van der Waals surface area contributed by atoms with Crippen LogP contribution in [0.25, 0.3) is 0 Å². The zero-order chi connectivity index (χ0) is 22.6. The highest BCUT2D eigenvalue weighted by molar-refractivity contribution is 7.89. The van der Waals surface area contributed by atoms with Crippen LogP contribution >= 0.6 is 0 Å². The number of nitrogens with zero attached hydrogens (tertiary/aromatic N) is 1. The fourth-order valence-electron chi connectivity index (χ4n) is 4.11. The fraction of sp³-hybridized carbons (Fsp3) is 0.458. The van der Waals surface area contributed by atoms with Crippen LogP contribution in [0.15, 0.2) is 41.3 Å². The largest absolute Gasteiger partial charge is 0.495 e. The molecular weight excluding hydrogens is 412 g/mol. The summed E-state index contributed by atoms with van der Waals surface area (Å²) in [4.78, 5) is 13.0. The maximum atomic E-state index is 13.0. The average molecular weight is 445 g/mol. The van der Waals surface area contributed by atoms with Crippen LogP contribution in [0, 0.1) is 0 Å². The van der Waals surface area contributed by atoms with Crippen molar-refractivity contribution in [2.45, 2.75) is 57.4 Å². The Hall–Kier alpha value is -2.38. The van der Waals surface area contributed by atoms with Crippen molar-refractivity contribution in [1.82, 2.24) is 9.62 Å². The lowest BCUT2D eigenvalue weighted by atomic mass is 9.89. The molecule has 0 saturated carbocycles. The van der Waals surface area contributed by atoms with E-state index in [1.807, 2.05) is 6.92 Å². The number of hydrogen-bond acceptors (Lipinski definition) is 4. The van der Waals surface area contributed by atoms with Crippen molar-refractivity contribution < 1.29 is 17.9 Å². The van der Waals surface area contributed by atoms with Gasteiger partial charge in [0.05, 0.1) is 13.2 Å². The smallest absolute Gasteiger partial charge is 0.251 e. The molecule has 0 aliphatic heterocycles. The van der Waals surface area contributed by atoms with Crippen LogP contribution < -0.4 is 10.1 Å². The number of aryl methyl sites for hydroxylation is 2. The summed E-state index contributed by atoms with van der Waals surface area (Å²) in [6, 6.07) is 10.8. The molecule has 0 spiro atoms. The molecule has 0 fully saturated rings. The molecule has 0 saturated heterocycles. The Bertz CT molecular complexity index is 1050. The monoisotopic (exact) mass is 444 g/mol. The normalized spacial score (nSPS) is 14.7. The number of nitrogens with one attached hydrogen (secondary N) is 1. The minimum absolute atomic E-state index is 0.00721. The molecule has 1 aliphatic rings. The van der Waals surface area contributed by atoms with E-state index in [1.165, 1.54) is 47.5 Å². The van der Waals surface area contributed by atoms with E-state index in [0.717, 1.165) is 18.4 Å². The average Bonchev–Trinajstić information content (AvgIpc) is 2.78. The van der Waals surface area contributed by atoms with Gasteiger partial charge in [-0.3, -0.25) is 4.79 Å². The maximum Gasteiger partial charge on any atom is 0.251 e. The van der Waals surface area contributed by atoms with Crippen LogP contribution in [0.4, 0.5) is 0 Å². The fourth-order valence-corrected chi connectivity index (χ4v) is 5.75. The minimum Gasteiger partial charge on any atom is -0.495 e. The predicted octanol–water partition coefficient (Wildman–Crippen LogP) is 4.10. The second-order valence-electron chi connectivity index (χ2n) is 7.89. The molecule has 2 aromatic carbocycles. The zero-order valence-corrected chi connectivity index (χ0v) is 19.6. The van der Waals surface area contributed by atoms with Gasteiger partial charge in [-0.1, -0.05) is 32.0 Å². The third kappa shape index (κ3) is 4.93. The van der Waals surface area contributed by atoms with E-state index < -0.39 is 10.0 Å². The highest BCUT2D eigenvalue weighted by Crippen LogP contribution is 2.29. The number of fused-ring (bicyclic) bond motifs is 1. The molecule has 1 aliphatic carbocycles. The number of rotatable bonds is 8. The number of methoxy groups -OCH3 is 1. The third-order valence-corrected chi connectivity index (χ3v) is 8.04. The summed E-state index contributed by atoms with van der Waals surface area (Å²) in [5.41, 5.74) is 4.10. The van der Waals surface area contributed by atoms with Crippen LogP contribution in [-0.2, 0) is 22.9 Å². The van der Waals surface area contributed by atoms with Gasteiger partial charge in [-0.15, -0.1) is 0 Å². The van der Waals surface area contributed by atoms with E-state index in [-0.39, 0.29) is 28.2 Å². The van der Waals surface area contributed by atoms with Crippen molar-refractivity contribution in [2.24, 2.45) is 0 Å². The first kappa shape index (κ1) is 23.3. The summed E-state index contributed by atoms with van der Waals surface area (Å²) in [6.07, 6.45) is 4.63. The molecule has 1 N–H and O–H groups in total. The van der Waals surface area contributed by atoms with E-state index in [4.69, 9.17) is 4.74 Å². The van der Waals surface area contributed by atoms with E-state index in [2.05, 4.69) is 23.5 Å². The summed E-state index contributed by atoms with van der Waals surface area (Å²) in [5, 5.41) is 3.00. The van der Waals surface area contributed by atoms with Crippen LogP contribution in [0.2, 0.25) is 0 Å². The number of sulfonamides is 1. The first-order valence-corrected chi connectivity index (χ1v) is 12.4. The van der Waals surface area contributed by atoms with Gasteiger partial charge < -0.3 is 10.1 Å². The van der Waals surface area contributed by atoms with Gasteiger partial charge in [-0.05, 0) is 67.5 Å². The topological polar surface area (TPSA) is 75.7 Å². The number of ether oxygens (including phenoxy) is 1. The zero-order valence-electron chi connectivity index (χ0n) is 18.8. The first-order valence-electron chi connectivity index (χ1n) is 10.9. The van der Waals surface area contributed by atoms with Gasteiger partial charge in [0.1, 0.15) is 10.6 Å². The maximum absolute atomic E-state index is 13.0. The number of benzene rings is 2. The van der Waals surface area contributed by atoms with Crippen molar-refractivity contribution in [1.29, 1.82) is 0 Å². The Balaban J connectivity index is 1.85. The van der Waals surface area contributed by atoms with E-state index in [1.54, 1.807) is 19.9 Å². The van der Waals surface area contributed by atoms with Gasteiger partial charge in [0, 0.05) is 18.7 Å². The van der Waals surface area contributed by atoms with Gasteiger partial charge in [0.25, 0.3) is 5.91 Å². The molecule has 1 unspecified atom stereocenters. The molecule has 168 valence electrons. The molecule has 1 amide bonds. The van der Waals surface area contributed by atoms with Crippen molar-refractivity contribution in [3.63, 3.8) is 0 Å². The van der Waals surface area contributed by atoms with Crippen LogP contribution in [0.1, 0.15) is 66.7 Å². The van der Waals surface area contributed by atoms with Crippen molar-refractivity contribution in [3.8, 4) is 5.75 Å². The van der Waals surface area contributed by atoms with Gasteiger partial charge in [0.2, 0.25) is 10.0 Å². The van der Waals surface area contributed by atoms with Gasteiger partial charge in [0.15, 0.2) is 0 Å². The summed E-state index contributed by atoms with van der Waals surface area (Å²) in [7, 11) is -2.34. The second kappa shape index (κ2) is 9.83. The van der Waals surface area contributed by atoms with E-state index >= 15 is 0 Å². The number of hydrogen-bond donors (Lipinski definition) is 1. The summed E-state index contributed by atoms with van der Waals surface area (Å²) < 4.78 is 32.7. The Morgan fingerprint density at radius 3 is 2.39 bits per heavy atom. The number of carbonyl (C=O) groups excluding carboxylic acids is 1. The Morgan fingerprint density at radius 2 is 1.74 bits per heavy atom. The molecule has 31 heavy (non-hydrogen) atoms. The van der Waals surface area contributed by atoms with E-state index in [0.29, 0.717) is 13.1 Å². The molecule has 2 aromatic rings. The van der Waals surface area contributed by atoms with Crippen molar-refractivity contribution >= 4 is 15.9 Å². The lowest BCUT2D eigenvalue weighted by Crippen LogP contribution is -2.31. The van der Waals surface area contributed by atoms with Crippen LogP contribution in [0.3, 0.4) is 0 Å². The molecule has 6 nitrogen and oxygen atoms in total. The highest BCUT2D eigenvalue weighted by atomic mass is 32.2. The highest BCUT2D eigenvalue weighted by Gasteiger charge is 2.27. The van der Waals surface area contributed by atoms with Crippen LogP contribution in [0.5, 0.6) is 5.75 Å². The van der Waals surface area contributed by atoms with E-state index in [9.17, 15) is 13.2 Å². The van der Waals surface area contributed by atoms with Crippen molar-refractivity contribution in [2.75, 3.05) is 20.2 Å². The third-order valence-electron chi connectivity index (χ3n) is 5.97. The minimum atomic E-state index is -3.76. The Morgan fingerprint density at radius 1 is 1.06 bits per heavy atom. The predicted molar refractivity (Wildman–Crippen MR) is 122 cm³/mol. The first-order chi connectivity index (χ1) is 14.8. The second-order valence-corrected chi connectivity index (χ2v) is 9.79. The number of carbonyl (C=O) groups is 1. The SMILES string of the molecule is CCN(CC)S(=O)(=O)c1cc(C(=O)NC(C)c2ccc3c(c2)CCCC3)ccc1OC. The summed E-state index contributed by atoms with van der Waals surface area (Å²) in [5.74, 6) is -0.0879.